The van der Waals surface area contributed by atoms with Crippen molar-refractivity contribution in [2.24, 2.45) is 0 Å². The van der Waals surface area contributed by atoms with Crippen molar-refractivity contribution >= 4 is 19.8 Å². The molecular weight excluding hydrogens is 1040 g/mol. The van der Waals surface area contributed by atoms with Gasteiger partial charge in [-0.3, -0.25) is 18.6 Å². The minimum absolute atomic E-state index is 0.0201. The van der Waals surface area contributed by atoms with Crippen LogP contribution >= 0.6 is 7.82 Å². The summed E-state index contributed by atoms with van der Waals surface area (Å²) < 4.78 is 34.6. The van der Waals surface area contributed by atoms with E-state index in [4.69, 9.17) is 18.5 Å². The number of hydrogen-bond acceptors (Lipinski definition) is 7. The molecule has 464 valence electrons. The number of ether oxygens (including phenoxy) is 2. The van der Waals surface area contributed by atoms with Crippen LogP contribution in [0.4, 0.5) is 0 Å². The third-order valence-corrected chi connectivity index (χ3v) is 14.0. The summed E-state index contributed by atoms with van der Waals surface area (Å²) in [6.07, 6.45) is 91.8. The lowest BCUT2D eigenvalue weighted by Crippen LogP contribution is -2.37. The summed E-state index contributed by atoms with van der Waals surface area (Å²) in [5.74, 6) is -0.829. The lowest BCUT2D eigenvalue weighted by Gasteiger charge is -2.24. The van der Waals surface area contributed by atoms with Crippen LogP contribution in [0.5, 0.6) is 0 Å². The molecule has 0 spiro atoms. The Bertz CT molecular complexity index is 1940. The Morgan fingerprint density at radius 3 is 1.04 bits per heavy atom. The predicted octanol–water partition coefficient (Wildman–Crippen LogP) is 20.8. The Balaban J connectivity index is 4.15. The maximum absolute atomic E-state index is 12.8. The van der Waals surface area contributed by atoms with E-state index in [0.29, 0.717) is 17.4 Å². The van der Waals surface area contributed by atoms with E-state index < -0.39 is 26.5 Å². The minimum atomic E-state index is -4.40. The molecule has 0 rings (SSSR count). The molecule has 0 aromatic carbocycles. The fourth-order valence-corrected chi connectivity index (χ4v) is 8.85. The molecule has 2 unspecified atom stereocenters. The van der Waals surface area contributed by atoms with Crippen molar-refractivity contribution in [2.75, 3.05) is 47.5 Å². The van der Waals surface area contributed by atoms with Gasteiger partial charge in [-0.05, 0) is 128 Å². The van der Waals surface area contributed by atoms with Crippen molar-refractivity contribution in [3.63, 3.8) is 0 Å². The quantitative estimate of drug-likeness (QED) is 0.0211. The van der Waals surface area contributed by atoms with Gasteiger partial charge in [0.1, 0.15) is 19.8 Å². The van der Waals surface area contributed by atoms with Gasteiger partial charge in [0.25, 0.3) is 0 Å². The van der Waals surface area contributed by atoms with Crippen LogP contribution in [0.2, 0.25) is 0 Å². The maximum Gasteiger partial charge on any atom is 0.472 e. The smallest absolute Gasteiger partial charge is 0.462 e. The molecule has 0 saturated carbocycles. The van der Waals surface area contributed by atoms with Crippen molar-refractivity contribution < 1.29 is 42.1 Å². The Morgan fingerprint density at radius 2 is 0.695 bits per heavy atom. The van der Waals surface area contributed by atoms with Crippen molar-refractivity contribution in [3.8, 4) is 0 Å². The molecule has 10 heteroatoms. The lowest BCUT2D eigenvalue weighted by atomic mass is 10.1. The molecule has 0 heterocycles. The Kier molecular flexibility index (Phi) is 57.9. The van der Waals surface area contributed by atoms with Gasteiger partial charge < -0.3 is 18.9 Å². The summed E-state index contributed by atoms with van der Waals surface area (Å²) in [5.41, 5.74) is 0. The first-order chi connectivity index (χ1) is 40.0. The molecule has 0 aromatic rings. The molecule has 0 saturated heterocycles. The van der Waals surface area contributed by atoms with Gasteiger partial charge in [-0.25, -0.2) is 4.57 Å². The first-order valence-electron chi connectivity index (χ1n) is 32.2. The molecule has 0 aliphatic rings. The normalized spacial score (nSPS) is 14.3. The van der Waals surface area contributed by atoms with Gasteiger partial charge in [-0.1, -0.05) is 249 Å². The number of likely N-dealkylation sites (N-methyl/N-ethyl adjacent to an activating group) is 1. The average Bonchev–Trinajstić information content (AvgIpc) is 3.45. The molecule has 0 fully saturated rings. The molecular formula is C72H119NO8P+. The van der Waals surface area contributed by atoms with E-state index in [9.17, 15) is 19.0 Å². The minimum Gasteiger partial charge on any atom is -0.462 e. The van der Waals surface area contributed by atoms with Crippen molar-refractivity contribution in [1.82, 2.24) is 0 Å². The molecule has 82 heavy (non-hydrogen) atoms. The first-order valence-corrected chi connectivity index (χ1v) is 33.7. The molecule has 9 nitrogen and oxygen atoms in total. The zero-order valence-corrected chi connectivity index (χ0v) is 53.6. The van der Waals surface area contributed by atoms with Crippen molar-refractivity contribution in [2.45, 2.75) is 238 Å². The van der Waals surface area contributed by atoms with Crippen LogP contribution in [0, 0.1) is 0 Å². The molecule has 2 atom stereocenters. The van der Waals surface area contributed by atoms with Gasteiger partial charge in [-0.15, -0.1) is 0 Å². The topological polar surface area (TPSA) is 108 Å². The molecule has 0 amide bonds. The molecule has 0 aliphatic carbocycles. The number of nitrogens with zero attached hydrogens (tertiary/aromatic N) is 1. The second-order valence-corrected chi connectivity index (χ2v) is 23.5. The summed E-state index contributed by atoms with van der Waals surface area (Å²) in [6, 6.07) is 0. The summed E-state index contributed by atoms with van der Waals surface area (Å²) in [7, 11) is 1.44. The molecule has 0 bridgehead atoms. The number of esters is 2. The van der Waals surface area contributed by atoms with Crippen LogP contribution in [0.1, 0.15) is 232 Å². The van der Waals surface area contributed by atoms with Crippen molar-refractivity contribution in [3.05, 3.63) is 158 Å². The van der Waals surface area contributed by atoms with E-state index in [1.165, 1.54) is 64.2 Å². The Labute approximate surface area is 503 Å². The van der Waals surface area contributed by atoms with Gasteiger partial charge in [0, 0.05) is 12.8 Å². The van der Waals surface area contributed by atoms with E-state index in [-0.39, 0.29) is 32.0 Å². The zero-order valence-electron chi connectivity index (χ0n) is 52.7. The number of phosphoric acid groups is 1. The maximum atomic E-state index is 12.8. The Morgan fingerprint density at radius 1 is 0.390 bits per heavy atom. The van der Waals surface area contributed by atoms with Gasteiger partial charge in [0.2, 0.25) is 0 Å². The summed E-state index contributed by atoms with van der Waals surface area (Å²) >= 11 is 0. The Hall–Kier alpha value is -4.37. The number of carbonyl (C=O) groups excluding carboxylic acids is 2. The number of rotatable bonds is 57. The molecule has 0 aromatic heterocycles. The molecule has 0 aliphatic heterocycles. The fourth-order valence-electron chi connectivity index (χ4n) is 8.11. The van der Waals surface area contributed by atoms with E-state index in [1.54, 1.807) is 0 Å². The van der Waals surface area contributed by atoms with E-state index in [1.807, 2.05) is 21.1 Å². The van der Waals surface area contributed by atoms with Crippen LogP contribution in [-0.4, -0.2) is 74.9 Å². The molecule has 1 N–H and O–H groups in total. The van der Waals surface area contributed by atoms with Gasteiger partial charge in [0.05, 0.1) is 27.7 Å². The van der Waals surface area contributed by atoms with Gasteiger partial charge in [0.15, 0.2) is 6.10 Å². The number of unbranched alkanes of at least 4 members (excludes halogenated alkanes) is 17. The third kappa shape index (κ3) is 64.8. The van der Waals surface area contributed by atoms with Gasteiger partial charge >= 0.3 is 19.8 Å². The average molecular weight is 1160 g/mol. The first kappa shape index (κ1) is 77.6. The van der Waals surface area contributed by atoms with E-state index >= 15 is 0 Å². The highest BCUT2D eigenvalue weighted by atomic mass is 31.2. The zero-order chi connectivity index (χ0) is 59.8. The van der Waals surface area contributed by atoms with Crippen LogP contribution in [0.25, 0.3) is 0 Å². The van der Waals surface area contributed by atoms with E-state index in [2.05, 4.69) is 172 Å². The predicted molar refractivity (Wildman–Crippen MR) is 353 cm³/mol. The molecule has 0 radical (unpaired) electrons. The third-order valence-electron chi connectivity index (χ3n) is 13.0. The number of phosphoric ester groups is 1. The van der Waals surface area contributed by atoms with Crippen LogP contribution in [0.3, 0.4) is 0 Å². The highest BCUT2D eigenvalue weighted by Gasteiger charge is 2.27. The highest BCUT2D eigenvalue weighted by Crippen LogP contribution is 2.43. The lowest BCUT2D eigenvalue weighted by molar-refractivity contribution is -0.870. The SMILES string of the molecule is CC/C=C\C/C=C\C/C=C\C/C=C\C/C=C\C/C=C\C/C=C\C/C=C\C/C=C\C/C=C\C/C=C\CCCCCCCCCC(=O)OC(COC(=O)CCCCCCCCC/C=C\C/C=C\CCCCC)COP(=O)(O)OCC[N+](C)(C)C. The van der Waals surface area contributed by atoms with Gasteiger partial charge in [-0.2, -0.15) is 0 Å². The highest BCUT2D eigenvalue weighted by molar-refractivity contribution is 7.47. The largest absolute Gasteiger partial charge is 0.472 e. The second kappa shape index (κ2) is 61.2. The van der Waals surface area contributed by atoms with Crippen LogP contribution < -0.4 is 0 Å². The number of carbonyl (C=O) groups is 2. The second-order valence-electron chi connectivity index (χ2n) is 22.1. The van der Waals surface area contributed by atoms with Crippen molar-refractivity contribution in [1.29, 1.82) is 0 Å². The number of hydrogen-bond donors (Lipinski definition) is 1. The number of quaternary nitrogens is 1. The summed E-state index contributed by atoms with van der Waals surface area (Å²) in [4.78, 5) is 35.7. The monoisotopic (exact) mass is 1160 g/mol. The summed E-state index contributed by atoms with van der Waals surface area (Å²) in [6.45, 7) is 4.25. The van der Waals surface area contributed by atoms with Crippen LogP contribution in [-0.2, 0) is 32.7 Å². The number of allylic oxidation sites excluding steroid dienone is 26. The fraction of sp³-hybridized carbons (Fsp3) is 0.611. The standard InChI is InChI=1S/C72H118NO8P/c1-6-8-10-12-14-16-18-20-22-24-25-26-27-28-29-30-31-32-33-34-35-36-37-38-39-40-41-42-43-44-45-46-47-49-51-53-55-57-59-61-63-65-72(75)81-70(69-80-82(76,77)79-67-66-73(3,4)5)68-78-71(74)64-62-60-58-56-54-52-50-48-23-21-19-17-15-13-11-9-7-2/h8,10,14-17,20-23,25-26,28-29,31-32,34-35,37-38,40-41,43-44,46-47,70H,6-7,9,11-13,18-19,24,27,30,33,36,39,42,45,48-69H2,1-5H3/p+1/b10-8-,16-14-,17-15-,22-20-,23-21-,26-25-,29-28-,32-31-,35-34-,38-37-,41-40-,44-43-,47-46-. The summed E-state index contributed by atoms with van der Waals surface area (Å²) in [5, 5.41) is 0. The van der Waals surface area contributed by atoms with Crippen LogP contribution in [0.15, 0.2) is 158 Å². The van der Waals surface area contributed by atoms with E-state index in [0.717, 1.165) is 135 Å².